The molecule has 0 atom stereocenters. The SMILES string of the molecule is O=S(=O)(Nc1nccs1)c1ccc(-c2n[nH]c(COc3c(Cl)cccc3Cl)n2)cc1F. The highest BCUT2D eigenvalue weighted by molar-refractivity contribution is 7.93. The Balaban J connectivity index is 1.51. The maximum absolute atomic E-state index is 14.6. The molecule has 0 saturated heterocycles. The van der Waals surface area contributed by atoms with Gasteiger partial charge in [0.2, 0.25) is 0 Å². The van der Waals surface area contributed by atoms with Crippen LogP contribution in [0, 0.1) is 5.82 Å². The fourth-order valence-electron chi connectivity index (χ4n) is 2.55. The first kappa shape index (κ1) is 21.5. The van der Waals surface area contributed by atoms with Crippen LogP contribution >= 0.6 is 34.5 Å². The molecular weight excluding hydrogens is 488 g/mol. The average molecular weight is 500 g/mol. The number of aromatic nitrogens is 4. The number of benzene rings is 2. The Labute approximate surface area is 190 Å². The molecule has 4 aromatic rings. The van der Waals surface area contributed by atoms with Crippen molar-refractivity contribution in [3.05, 3.63) is 69.7 Å². The third-order valence-corrected chi connectivity index (χ3v) is 6.72. The van der Waals surface area contributed by atoms with Gasteiger partial charge >= 0.3 is 0 Å². The largest absolute Gasteiger partial charge is 0.482 e. The van der Waals surface area contributed by atoms with Crippen LogP contribution in [0.15, 0.2) is 52.9 Å². The molecule has 2 aromatic heterocycles. The van der Waals surface area contributed by atoms with Gasteiger partial charge in [-0.2, -0.15) is 5.10 Å². The highest BCUT2D eigenvalue weighted by Crippen LogP contribution is 2.33. The number of nitrogens with one attached hydrogen (secondary N) is 2. The molecule has 8 nitrogen and oxygen atoms in total. The van der Waals surface area contributed by atoms with Gasteiger partial charge in [-0.05, 0) is 30.3 Å². The van der Waals surface area contributed by atoms with Gasteiger partial charge in [0.25, 0.3) is 10.0 Å². The molecule has 2 heterocycles. The van der Waals surface area contributed by atoms with Gasteiger partial charge in [0.15, 0.2) is 22.5 Å². The summed E-state index contributed by atoms with van der Waals surface area (Å²) < 4.78 is 47.1. The van der Waals surface area contributed by atoms with Crippen LogP contribution in [0.4, 0.5) is 9.52 Å². The molecular formula is C18H12Cl2FN5O3S2. The monoisotopic (exact) mass is 499 g/mol. The van der Waals surface area contributed by atoms with E-state index in [4.69, 9.17) is 27.9 Å². The highest BCUT2D eigenvalue weighted by atomic mass is 35.5. The summed E-state index contributed by atoms with van der Waals surface area (Å²) in [7, 11) is -4.13. The number of hydrogen-bond acceptors (Lipinski definition) is 7. The minimum absolute atomic E-state index is 0.0108. The lowest BCUT2D eigenvalue weighted by Crippen LogP contribution is -2.14. The Morgan fingerprint density at radius 3 is 2.65 bits per heavy atom. The van der Waals surface area contributed by atoms with Crippen molar-refractivity contribution in [1.82, 2.24) is 20.2 Å². The summed E-state index contributed by atoms with van der Waals surface area (Å²) >= 11 is 13.2. The number of hydrogen-bond donors (Lipinski definition) is 2. The molecule has 0 amide bonds. The van der Waals surface area contributed by atoms with Gasteiger partial charge in [-0.1, -0.05) is 29.3 Å². The van der Waals surface area contributed by atoms with Crippen LogP contribution in [0.25, 0.3) is 11.4 Å². The minimum atomic E-state index is -4.13. The summed E-state index contributed by atoms with van der Waals surface area (Å²) in [6, 6.07) is 8.53. The number of para-hydroxylation sites is 1. The van der Waals surface area contributed by atoms with Crippen LogP contribution in [-0.4, -0.2) is 28.6 Å². The van der Waals surface area contributed by atoms with Crippen molar-refractivity contribution in [2.75, 3.05) is 4.72 Å². The van der Waals surface area contributed by atoms with Crippen LogP contribution in [0.5, 0.6) is 5.75 Å². The number of nitrogens with zero attached hydrogens (tertiary/aromatic N) is 3. The van der Waals surface area contributed by atoms with Gasteiger partial charge in [-0.3, -0.25) is 9.82 Å². The van der Waals surface area contributed by atoms with E-state index in [1.807, 2.05) is 0 Å². The minimum Gasteiger partial charge on any atom is -0.482 e. The quantitative estimate of drug-likeness (QED) is 0.379. The van der Waals surface area contributed by atoms with Gasteiger partial charge in [-0.15, -0.1) is 11.3 Å². The topological polar surface area (TPSA) is 110 Å². The predicted molar refractivity (Wildman–Crippen MR) is 115 cm³/mol. The molecule has 2 N–H and O–H groups in total. The number of H-pyrrole nitrogens is 1. The van der Waals surface area contributed by atoms with Gasteiger partial charge < -0.3 is 4.74 Å². The van der Waals surface area contributed by atoms with E-state index in [9.17, 15) is 12.8 Å². The number of aromatic amines is 1. The van der Waals surface area contributed by atoms with Crippen molar-refractivity contribution >= 4 is 49.7 Å². The Hall–Kier alpha value is -2.73. The molecule has 160 valence electrons. The molecule has 0 unspecified atom stereocenters. The number of ether oxygens (including phenoxy) is 1. The lowest BCUT2D eigenvalue weighted by molar-refractivity contribution is 0.297. The van der Waals surface area contributed by atoms with Gasteiger partial charge in [0.05, 0.1) is 10.0 Å². The average Bonchev–Trinajstić information content (AvgIpc) is 3.39. The van der Waals surface area contributed by atoms with Crippen molar-refractivity contribution in [3.8, 4) is 17.1 Å². The zero-order chi connectivity index (χ0) is 22.0. The van der Waals surface area contributed by atoms with Crippen LogP contribution in [-0.2, 0) is 16.6 Å². The maximum Gasteiger partial charge on any atom is 0.266 e. The normalized spacial score (nSPS) is 11.5. The second kappa shape index (κ2) is 8.79. The van der Waals surface area contributed by atoms with E-state index in [-0.39, 0.29) is 23.1 Å². The van der Waals surface area contributed by atoms with Crippen molar-refractivity contribution < 1.29 is 17.5 Å². The molecule has 0 aliphatic carbocycles. The molecule has 0 bridgehead atoms. The van der Waals surface area contributed by atoms with E-state index in [1.165, 1.54) is 12.3 Å². The van der Waals surface area contributed by atoms with E-state index < -0.39 is 20.7 Å². The van der Waals surface area contributed by atoms with Crippen molar-refractivity contribution in [1.29, 1.82) is 0 Å². The molecule has 0 radical (unpaired) electrons. The molecule has 0 aliphatic rings. The van der Waals surface area contributed by atoms with E-state index in [0.29, 0.717) is 21.6 Å². The zero-order valence-electron chi connectivity index (χ0n) is 15.3. The Morgan fingerprint density at radius 2 is 1.97 bits per heavy atom. The predicted octanol–water partition coefficient (Wildman–Crippen LogP) is 4.75. The second-order valence-corrected chi connectivity index (χ2v) is 9.39. The highest BCUT2D eigenvalue weighted by Gasteiger charge is 2.21. The number of rotatable bonds is 7. The van der Waals surface area contributed by atoms with Crippen LogP contribution < -0.4 is 9.46 Å². The van der Waals surface area contributed by atoms with Crippen molar-refractivity contribution in [2.45, 2.75) is 11.5 Å². The standard InChI is InChI=1S/C18H12Cl2FN5O3S2/c19-11-2-1-3-12(20)16(11)29-9-15-23-17(25-24-15)10-4-5-14(13(21)8-10)31(27,28)26-18-22-6-7-30-18/h1-8H,9H2,(H,22,26)(H,23,24,25). The molecule has 31 heavy (non-hydrogen) atoms. The summed E-state index contributed by atoms with van der Waals surface area (Å²) in [6.07, 6.45) is 1.44. The molecule has 13 heteroatoms. The number of thiazole rings is 1. The third-order valence-electron chi connectivity index (χ3n) is 3.94. The Bertz CT molecular complexity index is 1310. The summed E-state index contributed by atoms with van der Waals surface area (Å²) in [6.45, 7) is -0.0108. The summed E-state index contributed by atoms with van der Waals surface area (Å²) in [5.41, 5.74) is 0.281. The molecule has 2 aromatic carbocycles. The number of halogens is 3. The van der Waals surface area contributed by atoms with E-state index in [2.05, 4.69) is 24.9 Å². The van der Waals surface area contributed by atoms with Gasteiger partial charge in [-0.25, -0.2) is 22.8 Å². The third kappa shape index (κ3) is 4.79. The van der Waals surface area contributed by atoms with Crippen LogP contribution in [0.1, 0.15) is 5.82 Å². The van der Waals surface area contributed by atoms with E-state index in [1.54, 1.807) is 23.6 Å². The number of sulfonamides is 1. The summed E-state index contributed by atoms with van der Waals surface area (Å²) in [4.78, 5) is 7.54. The first-order valence-corrected chi connectivity index (χ1v) is 11.7. The zero-order valence-corrected chi connectivity index (χ0v) is 18.5. The molecule has 0 saturated carbocycles. The smallest absolute Gasteiger partial charge is 0.266 e. The fraction of sp³-hybridized carbons (Fsp3) is 0.0556. The van der Waals surface area contributed by atoms with Crippen molar-refractivity contribution in [2.24, 2.45) is 0 Å². The van der Waals surface area contributed by atoms with Gasteiger partial charge in [0.1, 0.15) is 17.3 Å². The van der Waals surface area contributed by atoms with Crippen LogP contribution in [0.2, 0.25) is 10.0 Å². The molecule has 0 spiro atoms. The molecule has 0 fully saturated rings. The molecule has 4 rings (SSSR count). The Morgan fingerprint density at radius 1 is 1.19 bits per heavy atom. The van der Waals surface area contributed by atoms with Gasteiger partial charge in [0, 0.05) is 17.1 Å². The first-order valence-electron chi connectivity index (χ1n) is 8.54. The summed E-state index contributed by atoms with van der Waals surface area (Å²) in [5.74, 6) is -0.141. The molecule has 0 aliphatic heterocycles. The van der Waals surface area contributed by atoms with Crippen molar-refractivity contribution in [3.63, 3.8) is 0 Å². The first-order chi connectivity index (χ1) is 14.8. The lowest BCUT2D eigenvalue weighted by atomic mass is 10.2. The van der Waals surface area contributed by atoms with E-state index in [0.717, 1.165) is 23.5 Å². The maximum atomic E-state index is 14.6. The number of anilines is 1. The van der Waals surface area contributed by atoms with Crippen LogP contribution in [0.3, 0.4) is 0 Å². The summed E-state index contributed by atoms with van der Waals surface area (Å²) in [5, 5.41) is 9.12. The van der Waals surface area contributed by atoms with E-state index >= 15 is 0 Å². The lowest BCUT2D eigenvalue weighted by Gasteiger charge is -2.07. The fourth-order valence-corrected chi connectivity index (χ4v) is 4.91. The second-order valence-electron chi connectivity index (χ2n) is 6.03. The Kier molecular flexibility index (Phi) is 6.10.